The molecule has 27 heavy (non-hydrogen) atoms. The highest BCUT2D eigenvalue weighted by molar-refractivity contribution is 6.03. The molecule has 0 spiro atoms. The van der Waals surface area contributed by atoms with Crippen molar-refractivity contribution in [2.75, 3.05) is 29.2 Å². The third-order valence-electron chi connectivity index (χ3n) is 4.33. The molecular formula is C20H21N3O4. The summed E-state index contributed by atoms with van der Waals surface area (Å²) < 4.78 is 5.12. The van der Waals surface area contributed by atoms with Gasteiger partial charge < -0.3 is 20.3 Å². The number of methoxy groups -OCH3 is 1. The van der Waals surface area contributed by atoms with E-state index >= 15 is 0 Å². The van der Waals surface area contributed by atoms with Gasteiger partial charge in [0.15, 0.2) is 0 Å². The standard InChI is InChI=1S/C20H21N3O4/c1-13(24)21-15-4-3-5-16(11-15)22-20(26)14-10-19(25)23(12-14)17-6-8-18(27-2)9-7-17/h3-9,11,14H,10,12H2,1-2H3,(H,21,24)(H,22,26)/t14-/m1/s1. The summed E-state index contributed by atoms with van der Waals surface area (Å²) in [6.45, 7) is 1.74. The van der Waals surface area contributed by atoms with Crippen LogP contribution in [0.3, 0.4) is 0 Å². The van der Waals surface area contributed by atoms with E-state index in [0.29, 0.717) is 23.7 Å². The lowest BCUT2D eigenvalue weighted by molar-refractivity contribution is -0.122. The Labute approximate surface area is 157 Å². The van der Waals surface area contributed by atoms with Gasteiger partial charge in [0.1, 0.15) is 5.75 Å². The molecule has 1 aliphatic heterocycles. The Morgan fingerprint density at radius 2 is 1.74 bits per heavy atom. The van der Waals surface area contributed by atoms with Gasteiger partial charge in [0.25, 0.3) is 0 Å². The molecule has 1 heterocycles. The maximum Gasteiger partial charge on any atom is 0.229 e. The second-order valence-electron chi connectivity index (χ2n) is 6.35. The third-order valence-corrected chi connectivity index (χ3v) is 4.33. The molecule has 2 aromatic rings. The number of rotatable bonds is 5. The van der Waals surface area contributed by atoms with Crippen molar-refractivity contribution in [2.24, 2.45) is 5.92 Å². The highest BCUT2D eigenvalue weighted by Crippen LogP contribution is 2.27. The van der Waals surface area contributed by atoms with Gasteiger partial charge in [-0.3, -0.25) is 14.4 Å². The van der Waals surface area contributed by atoms with Gasteiger partial charge in [-0.1, -0.05) is 6.07 Å². The first kappa shape index (κ1) is 18.4. The molecule has 1 saturated heterocycles. The zero-order chi connectivity index (χ0) is 19.4. The molecule has 2 N–H and O–H groups in total. The summed E-state index contributed by atoms with van der Waals surface area (Å²) in [7, 11) is 1.58. The van der Waals surface area contributed by atoms with Crippen LogP contribution in [0.1, 0.15) is 13.3 Å². The SMILES string of the molecule is COc1ccc(N2C[C@H](C(=O)Nc3cccc(NC(C)=O)c3)CC2=O)cc1. The minimum atomic E-state index is -0.441. The quantitative estimate of drug-likeness (QED) is 0.850. The molecule has 3 rings (SSSR count). The van der Waals surface area contributed by atoms with Crippen LogP contribution in [0.4, 0.5) is 17.1 Å². The minimum absolute atomic E-state index is 0.0905. The van der Waals surface area contributed by atoms with E-state index in [9.17, 15) is 14.4 Å². The zero-order valence-electron chi connectivity index (χ0n) is 15.2. The largest absolute Gasteiger partial charge is 0.497 e. The number of hydrogen-bond donors (Lipinski definition) is 2. The Balaban J connectivity index is 1.66. The number of nitrogens with one attached hydrogen (secondary N) is 2. The molecule has 7 heteroatoms. The van der Waals surface area contributed by atoms with Gasteiger partial charge in [-0.05, 0) is 42.5 Å². The molecule has 0 unspecified atom stereocenters. The first-order valence-corrected chi connectivity index (χ1v) is 8.59. The molecule has 0 radical (unpaired) electrons. The average molecular weight is 367 g/mol. The highest BCUT2D eigenvalue weighted by atomic mass is 16.5. The summed E-state index contributed by atoms with van der Waals surface area (Å²) in [5.41, 5.74) is 1.91. The van der Waals surface area contributed by atoms with E-state index in [1.807, 2.05) is 0 Å². The molecule has 0 saturated carbocycles. The smallest absolute Gasteiger partial charge is 0.229 e. The Morgan fingerprint density at radius 1 is 1.07 bits per heavy atom. The number of ether oxygens (including phenoxy) is 1. The molecule has 1 atom stereocenters. The topological polar surface area (TPSA) is 87.7 Å². The van der Waals surface area contributed by atoms with Crippen molar-refractivity contribution in [3.63, 3.8) is 0 Å². The van der Waals surface area contributed by atoms with E-state index < -0.39 is 5.92 Å². The fourth-order valence-corrected chi connectivity index (χ4v) is 3.02. The van der Waals surface area contributed by atoms with Gasteiger partial charge >= 0.3 is 0 Å². The number of amides is 3. The Kier molecular flexibility index (Phi) is 5.40. The van der Waals surface area contributed by atoms with Crippen molar-refractivity contribution >= 4 is 34.8 Å². The predicted octanol–water partition coefficient (Wildman–Crippen LogP) is 2.65. The summed E-state index contributed by atoms with van der Waals surface area (Å²) >= 11 is 0. The Morgan fingerprint density at radius 3 is 2.37 bits per heavy atom. The summed E-state index contributed by atoms with van der Waals surface area (Å²) in [4.78, 5) is 37.7. The zero-order valence-corrected chi connectivity index (χ0v) is 15.2. The van der Waals surface area contributed by atoms with Gasteiger partial charge in [-0.15, -0.1) is 0 Å². The maximum atomic E-state index is 12.6. The first-order valence-electron chi connectivity index (χ1n) is 8.59. The second-order valence-corrected chi connectivity index (χ2v) is 6.35. The number of carbonyl (C=O) groups excluding carboxylic acids is 3. The number of carbonyl (C=O) groups is 3. The summed E-state index contributed by atoms with van der Waals surface area (Å²) in [5, 5.41) is 5.49. The minimum Gasteiger partial charge on any atom is -0.497 e. The lowest BCUT2D eigenvalue weighted by Gasteiger charge is -2.17. The molecule has 3 amide bonds. The van der Waals surface area contributed by atoms with Crippen LogP contribution in [0.5, 0.6) is 5.75 Å². The molecule has 0 bridgehead atoms. The van der Waals surface area contributed by atoms with Crippen molar-refractivity contribution < 1.29 is 19.1 Å². The van der Waals surface area contributed by atoms with E-state index in [2.05, 4.69) is 10.6 Å². The van der Waals surface area contributed by atoms with E-state index in [1.54, 1.807) is 60.5 Å². The molecule has 0 aliphatic carbocycles. The van der Waals surface area contributed by atoms with E-state index in [4.69, 9.17) is 4.74 Å². The number of hydrogen-bond acceptors (Lipinski definition) is 4. The highest BCUT2D eigenvalue weighted by Gasteiger charge is 2.35. The van der Waals surface area contributed by atoms with Crippen molar-refractivity contribution in [3.8, 4) is 5.75 Å². The van der Waals surface area contributed by atoms with E-state index in [1.165, 1.54) is 6.92 Å². The molecule has 140 valence electrons. The van der Waals surface area contributed by atoms with Crippen LogP contribution >= 0.6 is 0 Å². The molecule has 7 nitrogen and oxygen atoms in total. The lowest BCUT2D eigenvalue weighted by Crippen LogP contribution is -2.28. The van der Waals surface area contributed by atoms with Gasteiger partial charge in [0, 0.05) is 37.0 Å². The first-order chi connectivity index (χ1) is 13.0. The second kappa shape index (κ2) is 7.90. The van der Waals surface area contributed by atoms with Gasteiger partial charge in [-0.25, -0.2) is 0 Å². The normalized spacial score (nSPS) is 16.1. The van der Waals surface area contributed by atoms with E-state index in [-0.39, 0.29) is 24.1 Å². The van der Waals surface area contributed by atoms with Gasteiger partial charge in [0.2, 0.25) is 17.7 Å². The van der Waals surface area contributed by atoms with Crippen LogP contribution < -0.4 is 20.3 Å². The third kappa shape index (κ3) is 4.44. The van der Waals surface area contributed by atoms with Crippen LogP contribution in [0.25, 0.3) is 0 Å². The van der Waals surface area contributed by atoms with Crippen molar-refractivity contribution in [1.82, 2.24) is 0 Å². The van der Waals surface area contributed by atoms with Crippen molar-refractivity contribution in [1.29, 1.82) is 0 Å². The van der Waals surface area contributed by atoms with Crippen molar-refractivity contribution in [3.05, 3.63) is 48.5 Å². The average Bonchev–Trinajstić information content (AvgIpc) is 3.03. The number of benzene rings is 2. The van der Waals surface area contributed by atoms with Crippen LogP contribution in [0.15, 0.2) is 48.5 Å². The summed E-state index contributed by atoms with van der Waals surface area (Å²) in [6.07, 6.45) is 0.156. The molecule has 2 aromatic carbocycles. The number of anilines is 3. The number of nitrogens with zero attached hydrogens (tertiary/aromatic N) is 1. The van der Waals surface area contributed by atoms with Crippen molar-refractivity contribution in [2.45, 2.75) is 13.3 Å². The maximum absolute atomic E-state index is 12.6. The van der Waals surface area contributed by atoms with Gasteiger partial charge in [-0.2, -0.15) is 0 Å². The Bertz CT molecular complexity index is 864. The van der Waals surface area contributed by atoms with Crippen LogP contribution in [-0.4, -0.2) is 31.4 Å². The fourth-order valence-electron chi connectivity index (χ4n) is 3.02. The lowest BCUT2D eigenvalue weighted by atomic mass is 10.1. The molecule has 1 fully saturated rings. The Hall–Kier alpha value is -3.35. The van der Waals surface area contributed by atoms with Crippen LogP contribution in [-0.2, 0) is 14.4 Å². The molecule has 0 aromatic heterocycles. The molecular weight excluding hydrogens is 346 g/mol. The van der Waals surface area contributed by atoms with Crippen LogP contribution in [0.2, 0.25) is 0 Å². The summed E-state index contributed by atoms with van der Waals surface area (Å²) in [6, 6.07) is 14.1. The fraction of sp³-hybridized carbons (Fsp3) is 0.250. The predicted molar refractivity (Wildman–Crippen MR) is 103 cm³/mol. The van der Waals surface area contributed by atoms with E-state index in [0.717, 1.165) is 5.69 Å². The monoisotopic (exact) mass is 367 g/mol. The van der Waals surface area contributed by atoms with Crippen LogP contribution in [0, 0.1) is 5.92 Å². The van der Waals surface area contributed by atoms with Gasteiger partial charge in [0.05, 0.1) is 13.0 Å². The molecule has 1 aliphatic rings. The summed E-state index contributed by atoms with van der Waals surface area (Å²) in [5.74, 6) is -0.232.